The Labute approximate surface area is 146 Å². The summed E-state index contributed by atoms with van der Waals surface area (Å²) in [5.41, 5.74) is 1.41. The van der Waals surface area contributed by atoms with E-state index in [4.69, 9.17) is 4.74 Å². The van der Waals surface area contributed by atoms with E-state index < -0.39 is 5.82 Å². The zero-order valence-electron chi connectivity index (χ0n) is 14.0. The second kappa shape index (κ2) is 9.42. The third kappa shape index (κ3) is 5.91. The number of benzene rings is 2. The summed E-state index contributed by atoms with van der Waals surface area (Å²) < 4.78 is 18.3. The van der Waals surface area contributed by atoms with E-state index in [1.54, 1.807) is 0 Å². The molecule has 0 saturated heterocycles. The lowest BCUT2D eigenvalue weighted by atomic mass is 10.1. The molecule has 0 aromatic heterocycles. The molecule has 0 fully saturated rings. The minimum Gasteiger partial charge on any atom is -0.483 e. The Morgan fingerprint density at radius 2 is 1.68 bits per heavy atom. The molecule has 6 heteroatoms. The highest BCUT2D eigenvalue weighted by atomic mass is 19.1. The van der Waals surface area contributed by atoms with Gasteiger partial charge >= 0.3 is 0 Å². The number of para-hydroxylation sites is 1. The van der Waals surface area contributed by atoms with Crippen LogP contribution in [-0.2, 0) is 11.2 Å². The lowest BCUT2D eigenvalue weighted by Gasteiger charge is -2.11. The number of carbonyl (C=O) groups is 2. The molecule has 132 valence electrons. The first-order valence-corrected chi connectivity index (χ1v) is 8.11. The van der Waals surface area contributed by atoms with E-state index in [1.165, 1.54) is 24.3 Å². The molecule has 25 heavy (non-hydrogen) atoms. The predicted octanol–water partition coefficient (Wildman–Crippen LogP) is 2.31. The quantitative estimate of drug-likeness (QED) is 0.722. The number of nitrogens with one attached hydrogen (secondary N) is 2. The molecule has 0 radical (unpaired) electrons. The first-order chi connectivity index (χ1) is 12.1. The van der Waals surface area contributed by atoms with Crippen LogP contribution in [0, 0.1) is 5.82 Å². The van der Waals surface area contributed by atoms with Crippen molar-refractivity contribution in [2.75, 3.05) is 19.7 Å². The van der Waals surface area contributed by atoms with E-state index >= 15 is 0 Å². The van der Waals surface area contributed by atoms with Crippen LogP contribution in [-0.4, -0.2) is 31.5 Å². The third-order valence-electron chi connectivity index (χ3n) is 3.55. The molecular weight excluding hydrogens is 323 g/mol. The van der Waals surface area contributed by atoms with E-state index in [0.29, 0.717) is 11.3 Å². The van der Waals surface area contributed by atoms with Crippen LogP contribution in [0.4, 0.5) is 4.39 Å². The van der Waals surface area contributed by atoms with Gasteiger partial charge in [0.15, 0.2) is 6.61 Å². The van der Waals surface area contributed by atoms with Crippen molar-refractivity contribution in [3.05, 3.63) is 65.5 Å². The minimum absolute atomic E-state index is 0.0804. The molecule has 0 unspecified atom stereocenters. The van der Waals surface area contributed by atoms with Crippen molar-refractivity contribution < 1.29 is 18.7 Å². The summed E-state index contributed by atoms with van der Waals surface area (Å²) in [5, 5.41) is 5.32. The molecule has 2 rings (SSSR count). The number of ether oxygens (including phenoxy) is 1. The van der Waals surface area contributed by atoms with Gasteiger partial charge in [0.25, 0.3) is 11.8 Å². The molecule has 2 N–H and O–H groups in total. The number of hydrogen-bond acceptors (Lipinski definition) is 3. The molecule has 0 spiro atoms. The van der Waals surface area contributed by atoms with Gasteiger partial charge in [-0.05, 0) is 42.3 Å². The molecule has 5 nitrogen and oxygen atoms in total. The van der Waals surface area contributed by atoms with Gasteiger partial charge in [-0.25, -0.2) is 4.39 Å². The molecule has 0 aliphatic heterocycles. The van der Waals surface area contributed by atoms with E-state index in [-0.39, 0.29) is 31.5 Å². The monoisotopic (exact) mass is 344 g/mol. The van der Waals surface area contributed by atoms with Crippen LogP contribution in [0.3, 0.4) is 0 Å². The van der Waals surface area contributed by atoms with Gasteiger partial charge in [0.05, 0.1) is 0 Å². The Balaban J connectivity index is 1.67. The smallest absolute Gasteiger partial charge is 0.258 e. The van der Waals surface area contributed by atoms with Crippen molar-refractivity contribution in [2.45, 2.75) is 13.3 Å². The number of halogens is 1. The Morgan fingerprint density at radius 3 is 2.40 bits per heavy atom. The Hall–Kier alpha value is -2.89. The Bertz CT molecular complexity index is 717. The van der Waals surface area contributed by atoms with Gasteiger partial charge in [0.1, 0.15) is 11.6 Å². The summed E-state index contributed by atoms with van der Waals surface area (Å²) in [7, 11) is 0. The van der Waals surface area contributed by atoms with E-state index in [2.05, 4.69) is 10.6 Å². The molecule has 0 bridgehead atoms. The van der Waals surface area contributed by atoms with Crippen molar-refractivity contribution >= 4 is 11.8 Å². The summed E-state index contributed by atoms with van der Waals surface area (Å²) in [6.45, 7) is 2.49. The SMILES string of the molecule is CCc1ccccc1OCC(=O)NCCNC(=O)c1ccc(F)cc1. The lowest BCUT2D eigenvalue weighted by molar-refractivity contribution is -0.123. The number of amides is 2. The van der Waals surface area contributed by atoms with Crippen molar-refractivity contribution in [3.8, 4) is 5.75 Å². The van der Waals surface area contributed by atoms with Gasteiger partial charge in [-0.3, -0.25) is 9.59 Å². The minimum atomic E-state index is -0.395. The van der Waals surface area contributed by atoms with Crippen molar-refractivity contribution in [1.29, 1.82) is 0 Å². The normalized spacial score (nSPS) is 10.2. The molecule has 0 atom stereocenters. The second-order valence-electron chi connectivity index (χ2n) is 5.36. The van der Waals surface area contributed by atoms with Gasteiger partial charge in [-0.15, -0.1) is 0 Å². The van der Waals surface area contributed by atoms with Crippen LogP contribution < -0.4 is 15.4 Å². The largest absolute Gasteiger partial charge is 0.483 e. The maximum Gasteiger partial charge on any atom is 0.258 e. The molecule has 2 aromatic carbocycles. The van der Waals surface area contributed by atoms with Crippen LogP contribution in [0.1, 0.15) is 22.8 Å². The summed E-state index contributed by atoms with van der Waals surface area (Å²) in [5.74, 6) is -0.275. The maximum absolute atomic E-state index is 12.8. The topological polar surface area (TPSA) is 67.4 Å². The molecule has 0 saturated carbocycles. The number of hydrogen-bond donors (Lipinski definition) is 2. The maximum atomic E-state index is 12.8. The highest BCUT2D eigenvalue weighted by Gasteiger charge is 2.07. The lowest BCUT2D eigenvalue weighted by Crippen LogP contribution is -2.36. The van der Waals surface area contributed by atoms with Crippen LogP contribution in [0.25, 0.3) is 0 Å². The zero-order valence-corrected chi connectivity index (χ0v) is 14.0. The average molecular weight is 344 g/mol. The Morgan fingerprint density at radius 1 is 1.00 bits per heavy atom. The fourth-order valence-electron chi connectivity index (χ4n) is 2.21. The summed E-state index contributed by atoms with van der Waals surface area (Å²) in [6, 6.07) is 12.8. The van der Waals surface area contributed by atoms with Crippen LogP contribution in [0.5, 0.6) is 5.75 Å². The molecular formula is C19H21FN2O3. The zero-order chi connectivity index (χ0) is 18.1. The van der Waals surface area contributed by atoms with Gasteiger partial charge in [-0.2, -0.15) is 0 Å². The summed E-state index contributed by atoms with van der Waals surface area (Å²) in [6.07, 6.45) is 0.827. The molecule has 2 amide bonds. The molecule has 0 heterocycles. The van der Waals surface area contributed by atoms with Gasteiger partial charge < -0.3 is 15.4 Å². The predicted molar refractivity (Wildman–Crippen MR) is 93.1 cm³/mol. The average Bonchev–Trinajstić information content (AvgIpc) is 2.64. The number of carbonyl (C=O) groups excluding carboxylic acids is 2. The highest BCUT2D eigenvalue weighted by Crippen LogP contribution is 2.17. The van der Waals surface area contributed by atoms with Crippen molar-refractivity contribution in [2.24, 2.45) is 0 Å². The van der Waals surface area contributed by atoms with Gasteiger partial charge in [-0.1, -0.05) is 25.1 Å². The third-order valence-corrected chi connectivity index (χ3v) is 3.55. The summed E-state index contributed by atoms with van der Waals surface area (Å²) >= 11 is 0. The van der Waals surface area contributed by atoms with E-state index in [0.717, 1.165) is 12.0 Å². The Kier molecular flexibility index (Phi) is 6.95. The molecule has 0 aliphatic rings. The fraction of sp³-hybridized carbons (Fsp3) is 0.263. The number of aryl methyl sites for hydroxylation is 1. The molecule has 2 aromatic rings. The van der Waals surface area contributed by atoms with Gasteiger partial charge in [0, 0.05) is 18.7 Å². The van der Waals surface area contributed by atoms with E-state index in [9.17, 15) is 14.0 Å². The second-order valence-corrected chi connectivity index (χ2v) is 5.36. The first kappa shape index (κ1) is 18.4. The van der Waals surface area contributed by atoms with Gasteiger partial charge in [0.2, 0.25) is 0 Å². The van der Waals surface area contributed by atoms with Crippen molar-refractivity contribution in [1.82, 2.24) is 10.6 Å². The highest BCUT2D eigenvalue weighted by molar-refractivity contribution is 5.94. The standard InChI is InChI=1S/C19H21FN2O3/c1-2-14-5-3-4-6-17(14)25-13-18(23)21-11-12-22-19(24)15-7-9-16(20)10-8-15/h3-10H,2,11-13H2,1H3,(H,21,23)(H,22,24). The summed E-state index contributed by atoms with van der Waals surface area (Å²) in [4.78, 5) is 23.6. The van der Waals surface area contributed by atoms with E-state index in [1.807, 2.05) is 31.2 Å². The number of rotatable bonds is 8. The first-order valence-electron chi connectivity index (χ1n) is 8.11. The molecule has 0 aliphatic carbocycles. The van der Waals surface area contributed by atoms with Crippen LogP contribution in [0.15, 0.2) is 48.5 Å². The fourth-order valence-corrected chi connectivity index (χ4v) is 2.21. The van der Waals surface area contributed by atoms with Crippen LogP contribution in [0.2, 0.25) is 0 Å². The van der Waals surface area contributed by atoms with Crippen molar-refractivity contribution in [3.63, 3.8) is 0 Å². The van der Waals surface area contributed by atoms with Crippen LogP contribution >= 0.6 is 0 Å².